The van der Waals surface area contributed by atoms with Crippen molar-refractivity contribution in [3.63, 3.8) is 0 Å². The van der Waals surface area contributed by atoms with Gasteiger partial charge in [-0.05, 0) is 44.7 Å². The van der Waals surface area contributed by atoms with Crippen molar-refractivity contribution in [1.82, 2.24) is 9.80 Å². The van der Waals surface area contributed by atoms with Crippen molar-refractivity contribution in [1.29, 1.82) is 0 Å². The van der Waals surface area contributed by atoms with Gasteiger partial charge in [-0.15, -0.1) is 11.6 Å². The van der Waals surface area contributed by atoms with E-state index in [1.54, 1.807) is 0 Å². The van der Waals surface area contributed by atoms with Gasteiger partial charge in [0.2, 0.25) is 5.91 Å². The standard InChI is InChI=1S/C14H25ClN2O/c1-12(10-15)14(18)17-8-4-13(5-9-17)11-16-6-2-3-7-16/h12-13H,2-11H2,1H3. The molecule has 18 heavy (non-hydrogen) atoms. The summed E-state index contributed by atoms with van der Waals surface area (Å²) in [6.45, 7) is 7.58. The van der Waals surface area contributed by atoms with Gasteiger partial charge in [0.25, 0.3) is 0 Å². The van der Waals surface area contributed by atoms with Crippen molar-refractivity contribution in [3.05, 3.63) is 0 Å². The monoisotopic (exact) mass is 272 g/mol. The number of halogens is 1. The Balaban J connectivity index is 1.72. The molecule has 104 valence electrons. The van der Waals surface area contributed by atoms with Crippen LogP contribution in [0.5, 0.6) is 0 Å². The van der Waals surface area contributed by atoms with E-state index in [0.717, 1.165) is 31.8 Å². The Hall–Kier alpha value is -0.280. The third kappa shape index (κ3) is 3.61. The normalized spacial score (nSPS) is 24.4. The quantitative estimate of drug-likeness (QED) is 0.733. The lowest BCUT2D eigenvalue weighted by atomic mass is 9.95. The molecule has 2 rings (SSSR count). The van der Waals surface area contributed by atoms with Crippen molar-refractivity contribution in [2.75, 3.05) is 38.6 Å². The lowest BCUT2D eigenvalue weighted by Crippen LogP contribution is -2.43. The van der Waals surface area contributed by atoms with Gasteiger partial charge in [0, 0.05) is 31.4 Å². The van der Waals surface area contributed by atoms with E-state index in [2.05, 4.69) is 4.90 Å². The van der Waals surface area contributed by atoms with E-state index < -0.39 is 0 Å². The molecule has 0 aliphatic carbocycles. The number of nitrogens with zero attached hydrogens (tertiary/aromatic N) is 2. The summed E-state index contributed by atoms with van der Waals surface area (Å²) in [5.74, 6) is 1.44. The minimum Gasteiger partial charge on any atom is -0.342 e. The average molecular weight is 273 g/mol. The number of likely N-dealkylation sites (tertiary alicyclic amines) is 2. The van der Waals surface area contributed by atoms with E-state index in [9.17, 15) is 4.79 Å². The molecule has 0 aromatic carbocycles. The van der Waals surface area contributed by atoms with Crippen molar-refractivity contribution >= 4 is 17.5 Å². The van der Waals surface area contributed by atoms with E-state index in [4.69, 9.17) is 11.6 Å². The maximum Gasteiger partial charge on any atom is 0.226 e. The SMILES string of the molecule is CC(CCl)C(=O)N1CCC(CN2CCCC2)CC1. The Morgan fingerprint density at radius 2 is 1.83 bits per heavy atom. The fourth-order valence-corrected chi connectivity index (χ4v) is 3.18. The van der Waals surface area contributed by atoms with Crippen LogP contribution < -0.4 is 0 Å². The van der Waals surface area contributed by atoms with Crippen LogP contribution in [0.4, 0.5) is 0 Å². The highest BCUT2D eigenvalue weighted by Gasteiger charge is 2.27. The first-order chi connectivity index (χ1) is 8.70. The Labute approximate surface area is 115 Å². The van der Waals surface area contributed by atoms with Gasteiger partial charge >= 0.3 is 0 Å². The highest BCUT2D eigenvalue weighted by Crippen LogP contribution is 2.21. The number of carbonyl (C=O) groups is 1. The molecule has 1 amide bonds. The number of hydrogen-bond donors (Lipinski definition) is 0. The van der Waals surface area contributed by atoms with E-state index >= 15 is 0 Å². The fraction of sp³-hybridized carbons (Fsp3) is 0.929. The van der Waals surface area contributed by atoms with Gasteiger partial charge in [0.05, 0.1) is 0 Å². The molecule has 2 aliphatic rings. The first-order valence-corrected chi connectivity index (χ1v) is 7.81. The van der Waals surface area contributed by atoms with Crippen molar-refractivity contribution < 1.29 is 4.79 Å². The molecule has 2 aliphatic heterocycles. The van der Waals surface area contributed by atoms with Crippen LogP contribution in [0.25, 0.3) is 0 Å². The third-order valence-corrected chi connectivity index (χ3v) is 4.76. The molecule has 0 saturated carbocycles. The van der Waals surface area contributed by atoms with Crippen LogP contribution in [-0.2, 0) is 4.79 Å². The van der Waals surface area contributed by atoms with Crippen molar-refractivity contribution in [2.24, 2.45) is 11.8 Å². The summed E-state index contributed by atoms with van der Waals surface area (Å²) in [6.07, 6.45) is 5.06. The van der Waals surface area contributed by atoms with Gasteiger partial charge in [-0.3, -0.25) is 4.79 Å². The maximum absolute atomic E-state index is 12.0. The van der Waals surface area contributed by atoms with E-state index in [1.807, 2.05) is 11.8 Å². The molecule has 0 radical (unpaired) electrons. The Kier molecular flexibility index (Phi) is 5.31. The molecule has 2 saturated heterocycles. The van der Waals surface area contributed by atoms with Gasteiger partial charge in [-0.2, -0.15) is 0 Å². The van der Waals surface area contributed by atoms with Crippen LogP contribution in [-0.4, -0.2) is 54.3 Å². The number of piperidine rings is 1. The second kappa shape index (κ2) is 6.76. The van der Waals surface area contributed by atoms with Crippen LogP contribution >= 0.6 is 11.6 Å². The number of amides is 1. The molecule has 0 N–H and O–H groups in total. The summed E-state index contributed by atoms with van der Waals surface area (Å²) in [7, 11) is 0. The molecular weight excluding hydrogens is 248 g/mol. The van der Waals surface area contributed by atoms with E-state index in [0.29, 0.717) is 5.88 Å². The zero-order chi connectivity index (χ0) is 13.0. The highest BCUT2D eigenvalue weighted by molar-refractivity contribution is 6.19. The minimum absolute atomic E-state index is 0.0261. The zero-order valence-corrected chi connectivity index (χ0v) is 12.2. The van der Waals surface area contributed by atoms with Gasteiger partial charge in [-0.1, -0.05) is 6.92 Å². The predicted molar refractivity (Wildman–Crippen MR) is 74.9 cm³/mol. The largest absolute Gasteiger partial charge is 0.342 e. The first-order valence-electron chi connectivity index (χ1n) is 7.28. The molecule has 0 bridgehead atoms. The van der Waals surface area contributed by atoms with E-state index in [1.165, 1.54) is 32.5 Å². The van der Waals surface area contributed by atoms with Gasteiger partial charge in [0.15, 0.2) is 0 Å². The van der Waals surface area contributed by atoms with E-state index in [-0.39, 0.29) is 11.8 Å². The third-order valence-electron chi connectivity index (χ3n) is 4.29. The summed E-state index contributed by atoms with van der Waals surface area (Å²) < 4.78 is 0. The summed E-state index contributed by atoms with van der Waals surface area (Å²) >= 11 is 5.75. The molecule has 0 spiro atoms. The lowest BCUT2D eigenvalue weighted by molar-refractivity contribution is -0.135. The Morgan fingerprint density at radius 3 is 2.39 bits per heavy atom. The average Bonchev–Trinajstić information content (AvgIpc) is 2.91. The summed E-state index contributed by atoms with van der Waals surface area (Å²) in [4.78, 5) is 16.6. The second-order valence-corrected chi connectivity index (χ2v) is 6.14. The van der Waals surface area contributed by atoms with Crippen LogP contribution in [0.15, 0.2) is 0 Å². The van der Waals surface area contributed by atoms with Crippen LogP contribution in [0, 0.1) is 11.8 Å². The molecule has 1 unspecified atom stereocenters. The van der Waals surface area contributed by atoms with Crippen molar-refractivity contribution in [3.8, 4) is 0 Å². The summed E-state index contributed by atoms with van der Waals surface area (Å²) in [5.41, 5.74) is 0. The molecule has 2 heterocycles. The Morgan fingerprint density at radius 1 is 1.22 bits per heavy atom. The summed E-state index contributed by atoms with van der Waals surface area (Å²) in [5, 5.41) is 0. The molecular formula is C14H25ClN2O. The zero-order valence-electron chi connectivity index (χ0n) is 11.4. The summed E-state index contributed by atoms with van der Waals surface area (Å²) in [6, 6.07) is 0. The predicted octanol–water partition coefficient (Wildman–Crippen LogP) is 2.20. The van der Waals surface area contributed by atoms with Crippen LogP contribution in [0.1, 0.15) is 32.6 Å². The number of rotatable bonds is 4. The van der Waals surface area contributed by atoms with Gasteiger partial charge in [0.1, 0.15) is 0 Å². The topological polar surface area (TPSA) is 23.6 Å². The molecule has 4 heteroatoms. The molecule has 0 aromatic rings. The highest BCUT2D eigenvalue weighted by atomic mass is 35.5. The van der Waals surface area contributed by atoms with Crippen molar-refractivity contribution in [2.45, 2.75) is 32.6 Å². The smallest absolute Gasteiger partial charge is 0.226 e. The Bertz CT molecular complexity index is 271. The molecule has 0 aromatic heterocycles. The van der Waals surface area contributed by atoms with Crippen LogP contribution in [0.3, 0.4) is 0 Å². The minimum atomic E-state index is -0.0261. The molecule has 3 nitrogen and oxygen atoms in total. The lowest BCUT2D eigenvalue weighted by Gasteiger charge is -2.35. The molecule has 1 atom stereocenters. The van der Waals surface area contributed by atoms with Crippen LogP contribution in [0.2, 0.25) is 0 Å². The first kappa shape index (κ1) is 14.1. The fourth-order valence-electron chi connectivity index (χ4n) is 3.04. The number of hydrogen-bond acceptors (Lipinski definition) is 2. The number of alkyl halides is 1. The maximum atomic E-state index is 12.0. The van der Waals surface area contributed by atoms with Gasteiger partial charge in [-0.25, -0.2) is 0 Å². The second-order valence-electron chi connectivity index (χ2n) is 5.83. The van der Waals surface area contributed by atoms with Gasteiger partial charge < -0.3 is 9.80 Å². The number of carbonyl (C=O) groups excluding carboxylic acids is 1. The molecule has 2 fully saturated rings.